The van der Waals surface area contributed by atoms with E-state index in [2.05, 4.69) is 4.99 Å². The fraction of sp³-hybridized carbons (Fsp3) is 0.333. The first-order valence-electron chi connectivity index (χ1n) is 13.1. The Balaban J connectivity index is 1.94. The molecule has 0 spiro atoms. The Morgan fingerprint density at radius 1 is 1.20 bits per heavy atom. The molecular weight excluding hydrogens is 566 g/mol. The zero-order valence-electron chi connectivity index (χ0n) is 23.4. The molecule has 1 aromatic heterocycles. The molecule has 3 aromatic rings. The molecule has 1 aliphatic heterocycles. The van der Waals surface area contributed by atoms with Gasteiger partial charge in [0.1, 0.15) is 17.9 Å². The van der Waals surface area contributed by atoms with Gasteiger partial charge in [-0.25, -0.2) is 9.79 Å². The smallest absolute Gasteiger partial charge is 0.338 e. The van der Waals surface area contributed by atoms with Crippen molar-refractivity contribution in [3.63, 3.8) is 0 Å². The summed E-state index contributed by atoms with van der Waals surface area (Å²) in [4.78, 5) is 32.3. The zero-order valence-corrected chi connectivity index (χ0v) is 25.0. The summed E-state index contributed by atoms with van der Waals surface area (Å²) in [5.41, 5.74) is 1.63. The molecule has 0 amide bonds. The average molecular weight is 596 g/mol. The predicted molar refractivity (Wildman–Crippen MR) is 156 cm³/mol. The van der Waals surface area contributed by atoms with Crippen LogP contribution in [0.3, 0.4) is 0 Å². The van der Waals surface area contributed by atoms with Gasteiger partial charge in [0.05, 0.1) is 40.1 Å². The molecule has 0 fully saturated rings. The molecular formula is C30H30ClN3O6S. The van der Waals surface area contributed by atoms with E-state index in [9.17, 15) is 9.59 Å². The maximum Gasteiger partial charge on any atom is 0.338 e. The Morgan fingerprint density at radius 2 is 1.95 bits per heavy atom. The van der Waals surface area contributed by atoms with E-state index in [-0.39, 0.29) is 41.2 Å². The average Bonchev–Trinajstić information content (AvgIpc) is 3.22. The van der Waals surface area contributed by atoms with Crippen LogP contribution in [-0.4, -0.2) is 36.5 Å². The minimum Gasteiger partial charge on any atom is -0.491 e. The number of thiazole rings is 1. The highest BCUT2D eigenvalue weighted by Crippen LogP contribution is 2.38. The zero-order chi connectivity index (χ0) is 29.7. The highest BCUT2D eigenvalue weighted by molar-refractivity contribution is 7.07. The maximum atomic E-state index is 14.0. The van der Waals surface area contributed by atoms with Crippen molar-refractivity contribution in [1.29, 1.82) is 5.26 Å². The van der Waals surface area contributed by atoms with E-state index in [1.54, 1.807) is 32.1 Å². The van der Waals surface area contributed by atoms with Crippen LogP contribution >= 0.6 is 22.9 Å². The van der Waals surface area contributed by atoms with Crippen LogP contribution in [0.2, 0.25) is 5.02 Å². The van der Waals surface area contributed by atoms with E-state index in [4.69, 9.17) is 35.8 Å². The van der Waals surface area contributed by atoms with Crippen molar-refractivity contribution in [3.8, 4) is 23.3 Å². The Morgan fingerprint density at radius 3 is 2.63 bits per heavy atom. The number of ether oxygens (including phenoxy) is 4. The molecule has 41 heavy (non-hydrogen) atoms. The summed E-state index contributed by atoms with van der Waals surface area (Å²) in [6, 6.07) is 11.8. The van der Waals surface area contributed by atoms with Crippen molar-refractivity contribution >= 4 is 35.0 Å². The minimum absolute atomic E-state index is 0.132. The second-order valence-electron chi connectivity index (χ2n) is 9.22. The van der Waals surface area contributed by atoms with Crippen LogP contribution in [0.5, 0.6) is 17.2 Å². The number of esters is 1. The number of aromatic nitrogens is 1. The molecule has 9 nitrogen and oxygen atoms in total. The number of carbonyl (C=O) groups excluding carboxylic acids is 1. The molecule has 2 aromatic carbocycles. The fourth-order valence-corrected chi connectivity index (χ4v) is 5.80. The second kappa shape index (κ2) is 13.1. The van der Waals surface area contributed by atoms with Gasteiger partial charge in [-0.3, -0.25) is 9.36 Å². The fourth-order valence-electron chi connectivity index (χ4n) is 4.48. The van der Waals surface area contributed by atoms with Crippen LogP contribution in [0.15, 0.2) is 57.5 Å². The third-order valence-electron chi connectivity index (χ3n) is 6.00. The van der Waals surface area contributed by atoms with Gasteiger partial charge in [0, 0.05) is 5.56 Å². The molecule has 0 saturated heterocycles. The summed E-state index contributed by atoms with van der Waals surface area (Å²) < 4.78 is 24.5. The number of rotatable bonds is 10. The molecule has 0 radical (unpaired) electrons. The van der Waals surface area contributed by atoms with Crippen LogP contribution in [0.25, 0.3) is 6.08 Å². The monoisotopic (exact) mass is 595 g/mol. The van der Waals surface area contributed by atoms with Gasteiger partial charge in [-0.2, -0.15) is 5.26 Å². The van der Waals surface area contributed by atoms with Gasteiger partial charge in [-0.15, -0.1) is 0 Å². The molecule has 0 aliphatic carbocycles. The van der Waals surface area contributed by atoms with Crippen molar-refractivity contribution in [2.24, 2.45) is 4.99 Å². The summed E-state index contributed by atoms with van der Waals surface area (Å²) in [7, 11) is 0. The van der Waals surface area contributed by atoms with Gasteiger partial charge in [-0.1, -0.05) is 41.1 Å². The number of para-hydroxylation sites is 1. The highest BCUT2D eigenvalue weighted by Gasteiger charge is 2.35. The van der Waals surface area contributed by atoms with Crippen LogP contribution < -0.4 is 29.1 Å². The Kier molecular flexibility index (Phi) is 9.53. The van der Waals surface area contributed by atoms with Crippen LogP contribution in [0.1, 0.15) is 51.8 Å². The third kappa shape index (κ3) is 6.32. The molecule has 11 heteroatoms. The number of hydrogen-bond acceptors (Lipinski definition) is 9. The van der Waals surface area contributed by atoms with Crippen molar-refractivity contribution in [2.45, 2.75) is 46.8 Å². The summed E-state index contributed by atoms with van der Waals surface area (Å²) in [5, 5.41) is 9.15. The first kappa shape index (κ1) is 29.9. The normalized spacial score (nSPS) is 14.8. The lowest BCUT2D eigenvalue weighted by Gasteiger charge is -2.26. The Hall–Kier alpha value is -4.07. The Bertz CT molecular complexity index is 1720. The lowest BCUT2D eigenvalue weighted by molar-refractivity contribution is -0.139. The van der Waals surface area contributed by atoms with Gasteiger partial charge >= 0.3 is 5.97 Å². The number of nitrogens with zero attached hydrogens (tertiary/aromatic N) is 3. The molecule has 0 unspecified atom stereocenters. The number of halogens is 1. The molecule has 0 N–H and O–H groups in total. The van der Waals surface area contributed by atoms with Gasteiger partial charge in [-0.05, 0) is 64.5 Å². The molecule has 2 heterocycles. The van der Waals surface area contributed by atoms with E-state index in [1.165, 1.54) is 15.9 Å². The van der Waals surface area contributed by atoms with Crippen molar-refractivity contribution in [1.82, 2.24) is 4.57 Å². The van der Waals surface area contributed by atoms with E-state index < -0.39 is 12.0 Å². The number of fused-ring (bicyclic) bond motifs is 1. The number of hydrogen-bond donors (Lipinski definition) is 0. The molecule has 4 rings (SSSR count). The summed E-state index contributed by atoms with van der Waals surface area (Å²) >= 11 is 7.67. The lowest BCUT2D eigenvalue weighted by Crippen LogP contribution is -2.40. The SMILES string of the molecule is CCOC(=O)C1=C(C)N=c2s/c(=C/c3cc(Cl)c(OCC#N)c(OCC)c3)c(=O)n2[C@@H]1c1ccccc1OC(C)C. The molecule has 1 atom stereocenters. The minimum atomic E-state index is -0.813. The van der Waals surface area contributed by atoms with Gasteiger partial charge < -0.3 is 18.9 Å². The topological polar surface area (TPSA) is 112 Å². The number of allylic oxidation sites excluding steroid dienone is 1. The molecule has 0 saturated carbocycles. The van der Waals surface area contributed by atoms with Gasteiger partial charge in [0.2, 0.25) is 0 Å². The van der Waals surface area contributed by atoms with Crippen LogP contribution in [-0.2, 0) is 9.53 Å². The maximum absolute atomic E-state index is 14.0. The van der Waals surface area contributed by atoms with E-state index >= 15 is 0 Å². The van der Waals surface area contributed by atoms with Crippen molar-refractivity contribution < 1.29 is 23.7 Å². The first-order valence-corrected chi connectivity index (χ1v) is 14.3. The molecule has 214 valence electrons. The Labute approximate surface area is 246 Å². The number of benzene rings is 2. The largest absolute Gasteiger partial charge is 0.491 e. The van der Waals surface area contributed by atoms with Crippen LogP contribution in [0, 0.1) is 11.3 Å². The summed E-state index contributed by atoms with van der Waals surface area (Å²) in [6.07, 6.45) is 1.55. The number of nitriles is 1. The van der Waals surface area contributed by atoms with Crippen molar-refractivity contribution in [3.05, 3.63) is 83.5 Å². The van der Waals surface area contributed by atoms with E-state index in [0.717, 1.165) is 0 Å². The van der Waals surface area contributed by atoms with Crippen LogP contribution in [0.4, 0.5) is 0 Å². The molecule has 0 bridgehead atoms. The first-order chi connectivity index (χ1) is 19.7. The van der Waals surface area contributed by atoms with E-state index in [1.807, 2.05) is 51.1 Å². The van der Waals surface area contributed by atoms with Gasteiger partial charge in [0.15, 0.2) is 22.9 Å². The summed E-state index contributed by atoms with van der Waals surface area (Å²) in [6.45, 7) is 9.43. The third-order valence-corrected chi connectivity index (χ3v) is 7.27. The highest BCUT2D eigenvalue weighted by atomic mass is 35.5. The second-order valence-corrected chi connectivity index (χ2v) is 10.6. The number of carbonyl (C=O) groups is 1. The van der Waals surface area contributed by atoms with Gasteiger partial charge in [0.25, 0.3) is 5.56 Å². The van der Waals surface area contributed by atoms with Crippen molar-refractivity contribution in [2.75, 3.05) is 19.8 Å². The lowest BCUT2D eigenvalue weighted by atomic mass is 9.95. The summed E-state index contributed by atoms with van der Waals surface area (Å²) in [5.74, 6) is 0.616. The van der Waals surface area contributed by atoms with E-state index in [0.29, 0.717) is 44.3 Å². The standard InChI is InChI=1S/C30H30ClN3O6S/c1-6-37-23-15-19(14-21(31)27(23)39-13-12-32)16-24-28(35)34-26(20-10-8-9-11-22(20)40-17(3)4)25(29(36)38-7-2)18(5)33-30(34)41-24/h8-11,14-17,26H,6-7,13H2,1-5H3/b24-16+/t26-/m1/s1. The predicted octanol–water partition coefficient (Wildman–Crippen LogP) is 4.54. The molecule has 1 aliphatic rings. The quantitative estimate of drug-likeness (QED) is 0.316.